The largest absolute Gasteiger partial charge is 0.0645 e. The summed E-state index contributed by atoms with van der Waals surface area (Å²) in [6, 6.07) is 55.0. The monoisotopic (exact) mass is 674 g/mol. The predicted octanol–water partition coefficient (Wildman–Crippen LogP) is 14.4. The van der Waals surface area contributed by atoms with Gasteiger partial charge in [-0.15, -0.1) is 0 Å². The van der Waals surface area contributed by atoms with Gasteiger partial charge < -0.3 is 0 Å². The molecule has 1 aliphatic carbocycles. The lowest BCUT2D eigenvalue weighted by molar-refractivity contribution is 0.478. The van der Waals surface area contributed by atoms with Gasteiger partial charge in [0, 0.05) is 11.8 Å². The van der Waals surface area contributed by atoms with Crippen LogP contribution in [0.5, 0.6) is 0 Å². The van der Waals surface area contributed by atoms with Crippen molar-refractivity contribution in [1.29, 1.82) is 0 Å². The molecule has 0 saturated carbocycles. The second-order valence-electron chi connectivity index (χ2n) is 16.9. The summed E-state index contributed by atoms with van der Waals surface area (Å²) < 4.78 is 0. The summed E-state index contributed by atoms with van der Waals surface area (Å²) in [5.41, 5.74) is 11.4. The molecule has 0 heterocycles. The first-order valence-corrected chi connectivity index (χ1v) is 19.1. The summed E-state index contributed by atoms with van der Waals surface area (Å²) in [6.07, 6.45) is 7.03. The van der Waals surface area contributed by atoms with E-state index in [1.807, 2.05) is 0 Å². The van der Waals surface area contributed by atoms with Crippen molar-refractivity contribution in [2.24, 2.45) is 5.41 Å². The molecule has 8 rings (SSSR count). The van der Waals surface area contributed by atoms with Gasteiger partial charge in [0.05, 0.1) is 0 Å². The Kier molecular flexibility index (Phi) is 8.75. The molecule has 7 aromatic rings. The maximum atomic E-state index is 2.54. The lowest BCUT2D eigenvalue weighted by Gasteiger charge is -2.30. The Bertz CT molecular complexity index is 2440. The summed E-state index contributed by atoms with van der Waals surface area (Å²) in [7, 11) is 0. The molecule has 0 fully saturated rings. The van der Waals surface area contributed by atoms with Crippen LogP contribution in [-0.2, 0) is 5.41 Å². The zero-order valence-corrected chi connectivity index (χ0v) is 31.6. The Morgan fingerprint density at radius 2 is 0.827 bits per heavy atom. The highest BCUT2D eigenvalue weighted by atomic mass is 14.3. The van der Waals surface area contributed by atoms with E-state index in [1.165, 1.54) is 76.8 Å². The summed E-state index contributed by atoms with van der Waals surface area (Å²) >= 11 is 0. The van der Waals surface area contributed by atoms with Gasteiger partial charge in [0.2, 0.25) is 0 Å². The molecule has 0 aromatic heterocycles. The number of hydrogen-bond acceptors (Lipinski definition) is 0. The number of hydrogen-bond donors (Lipinski definition) is 0. The van der Waals surface area contributed by atoms with Crippen molar-refractivity contribution in [1.82, 2.24) is 0 Å². The van der Waals surface area contributed by atoms with E-state index in [2.05, 4.69) is 199 Å². The van der Waals surface area contributed by atoms with Crippen LogP contribution in [-0.4, -0.2) is 0 Å². The first-order valence-electron chi connectivity index (χ1n) is 19.1. The lowest BCUT2D eigenvalue weighted by atomic mass is 9.74. The van der Waals surface area contributed by atoms with Gasteiger partial charge in [-0.3, -0.25) is 0 Å². The third kappa shape index (κ3) is 6.30. The molecule has 0 aliphatic heterocycles. The van der Waals surface area contributed by atoms with E-state index in [4.69, 9.17) is 0 Å². The molecule has 0 bridgehead atoms. The van der Waals surface area contributed by atoms with E-state index >= 15 is 0 Å². The Labute approximate surface area is 310 Å². The maximum absolute atomic E-state index is 2.54. The highest BCUT2D eigenvalue weighted by molar-refractivity contribution is 6.19. The normalized spacial score (nSPS) is 15.0. The highest BCUT2D eigenvalue weighted by Gasteiger charge is 2.28. The molecule has 2 unspecified atom stereocenters. The fourth-order valence-electron chi connectivity index (χ4n) is 8.62. The van der Waals surface area contributed by atoms with Crippen molar-refractivity contribution in [2.45, 2.75) is 71.6 Å². The Morgan fingerprint density at radius 1 is 0.385 bits per heavy atom. The molecule has 0 nitrogen and oxygen atoms in total. The summed E-state index contributed by atoms with van der Waals surface area (Å²) in [5, 5.41) is 7.93. The quantitative estimate of drug-likeness (QED) is 0.122. The summed E-state index contributed by atoms with van der Waals surface area (Å²) in [4.78, 5) is 0. The minimum Gasteiger partial charge on any atom is -0.0645 e. The average molecular weight is 675 g/mol. The number of rotatable bonds is 6. The molecule has 1 aliphatic rings. The first kappa shape index (κ1) is 33.9. The van der Waals surface area contributed by atoms with Crippen molar-refractivity contribution in [3.8, 4) is 0 Å². The summed E-state index contributed by atoms with van der Waals surface area (Å²) in [6.45, 7) is 13.9. The van der Waals surface area contributed by atoms with Gasteiger partial charge in [0.25, 0.3) is 0 Å². The minimum absolute atomic E-state index is 0.0937. The molecule has 0 radical (unpaired) electrons. The van der Waals surface area contributed by atoms with Crippen LogP contribution in [0.1, 0.15) is 99.6 Å². The molecule has 0 spiro atoms. The number of fused-ring (bicyclic) bond motifs is 5. The minimum atomic E-state index is 0.0937. The van der Waals surface area contributed by atoms with Gasteiger partial charge in [-0.2, -0.15) is 0 Å². The van der Waals surface area contributed by atoms with Crippen LogP contribution in [0.2, 0.25) is 0 Å². The second-order valence-corrected chi connectivity index (χ2v) is 16.9. The van der Waals surface area contributed by atoms with Crippen LogP contribution in [0.25, 0.3) is 32.3 Å². The van der Waals surface area contributed by atoms with Crippen molar-refractivity contribution < 1.29 is 0 Å². The van der Waals surface area contributed by atoms with Gasteiger partial charge >= 0.3 is 0 Å². The SMILES string of the molecule is CC(C)(C)C1=CC=C(C(c2ccccc2)c2cc3c4ccccc4c(C(c4ccccc4)c4ccc(C(C)(C)C)cc4)cc3c3ccccc23)CC1. The Hall–Kier alpha value is -5.20. The fourth-order valence-corrected chi connectivity index (χ4v) is 8.62. The smallest absolute Gasteiger partial charge is 0.0346 e. The molecule has 2 atom stereocenters. The van der Waals surface area contributed by atoms with Crippen molar-refractivity contribution in [2.75, 3.05) is 0 Å². The second kappa shape index (κ2) is 13.4. The van der Waals surface area contributed by atoms with E-state index in [1.54, 1.807) is 0 Å². The zero-order chi connectivity index (χ0) is 36.0. The molecule has 52 heavy (non-hydrogen) atoms. The van der Waals surface area contributed by atoms with Crippen LogP contribution in [0.3, 0.4) is 0 Å². The molecule has 7 aromatic carbocycles. The van der Waals surface area contributed by atoms with Crippen LogP contribution < -0.4 is 0 Å². The molecule has 0 heteroatoms. The third-order valence-electron chi connectivity index (χ3n) is 11.5. The average Bonchev–Trinajstić information content (AvgIpc) is 3.16. The van der Waals surface area contributed by atoms with Gasteiger partial charge in [0.1, 0.15) is 0 Å². The van der Waals surface area contributed by atoms with E-state index in [9.17, 15) is 0 Å². The lowest BCUT2D eigenvalue weighted by Crippen LogP contribution is -2.14. The Morgan fingerprint density at radius 3 is 1.29 bits per heavy atom. The highest BCUT2D eigenvalue weighted by Crippen LogP contribution is 2.47. The molecular weight excluding hydrogens is 625 g/mol. The van der Waals surface area contributed by atoms with Crippen LogP contribution in [0.4, 0.5) is 0 Å². The topological polar surface area (TPSA) is 0 Å². The van der Waals surface area contributed by atoms with Crippen molar-refractivity contribution in [3.05, 3.63) is 202 Å². The number of allylic oxidation sites excluding steroid dienone is 4. The van der Waals surface area contributed by atoms with Crippen LogP contribution in [0.15, 0.2) is 169 Å². The molecule has 0 amide bonds. The van der Waals surface area contributed by atoms with Crippen LogP contribution in [0, 0.1) is 5.41 Å². The van der Waals surface area contributed by atoms with Crippen molar-refractivity contribution >= 4 is 32.3 Å². The third-order valence-corrected chi connectivity index (χ3v) is 11.5. The summed E-state index contributed by atoms with van der Waals surface area (Å²) in [5.74, 6) is 0.265. The van der Waals surface area contributed by atoms with Gasteiger partial charge in [-0.1, -0.05) is 198 Å². The van der Waals surface area contributed by atoms with Crippen molar-refractivity contribution in [3.63, 3.8) is 0 Å². The standard InChI is InChI=1S/C52H50/c1-51(2,3)39-29-25-37(26-30-39)49(35-17-9-7-10-18-35)47-33-45-42-22-14-16-24-44(42)48(34-46(45)41-21-13-15-23-43(41)47)50(36-19-11-8-12-20-36)38-27-31-40(32-28-38)52(4,5)6/h7-27,29-31,33-34,49-50H,28,32H2,1-6H3. The predicted molar refractivity (Wildman–Crippen MR) is 225 cm³/mol. The Balaban J connectivity index is 1.40. The van der Waals surface area contributed by atoms with E-state index in [-0.39, 0.29) is 22.7 Å². The maximum Gasteiger partial charge on any atom is 0.0346 e. The molecule has 258 valence electrons. The van der Waals surface area contributed by atoms with E-state index in [0.717, 1.165) is 12.8 Å². The van der Waals surface area contributed by atoms with Crippen LogP contribution >= 0.6 is 0 Å². The van der Waals surface area contributed by atoms with Gasteiger partial charge in [0.15, 0.2) is 0 Å². The van der Waals surface area contributed by atoms with Gasteiger partial charge in [-0.05, 0) is 102 Å². The van der Waals surface area contributed by atoms with E-state index < -0.39 is 0 Å². The molecular formula is C52H50. The van der Waals surface area contributed by atoms with Gasteiger partial charge in [-0.25, -0.2) is 0 Å². The number of benzene rings is 7. The zero-order valence-electron chi connectivity index (χ0n) is 31.6. The van der Waals surface area contributed by atoms with E-state index in [0.29, 0.717) is 0 Å². The molecule has 0 saturated heterocycles. The first-order chi connectivity index (χ1) is 25.1. The molecule has 0 N–H and O–H groups in total. The fraction of sp³-hybridized carbons (Fsp3) is 0.231.